The van der Waals surface area contributed by atoms with Crippen LogP contribution in [-0.2, 0) is 13.0 Å². The minimum absolute atomic E-state index is 0.0256. The highest BCUT2D eigenvalue weighted by atomic mass is 16.2. The molecule has 0 atom stereocenters. The average molecular weight is 366 g/mol. The second-order valence-corrected chi connectivity index (χ2v) is 7.17. The monoisotopic (exact) mass is 366 g/mol. The van der Waals surface area contributed by atoms with E-state index in [1.807, 2.05) is 4.57 Å². The smallest absolute Gasteiger partial charge is 0.287 e. The van der Waals surface area contributed by atoms with Gasteiger partial charge in [-0.2, -0.15) is 0 Å². The minimum atomic E-state index is -0.332. The summed E-state index contributed by atoms with van der Waals surface area (Å²) in [7, 11) is 0. The van der Waals surface area contributed by atoms with Crippen molar-refractivity contribution in [3.63, 3.8) is 0 Å². The van der Waals surface area contributed by atoms with Crippen LogP contribution >= 0.6 is 0 Å². The molecule has 0 spiro atoms. The maximum atomic E-state index is 12.8. The number of anilines is 1. The van der Waals surface area contributed by atoms with Crippen molar-refractivity contribution in [1.29, 1.82) is 0 Å². The molecular weight excluding hydrogens is 344 g/mol. The Morgan fingerprint density at radius 3 is 2.48 bits per heavy atom. The first-order valence-electron chi connectivity index (χ1n) is 9.35. The highest BCUT2D eigenvalue weighted by Gasteiger charge is 2.30. The number of hydrogen-bond acceptors (Lipinski definition) is 4. The molecule has 1 fully saturated rings. The Morgan fingerprint density at radius 1 is 1.07 bits per heavy atom. The van der Waals surface area contributed by atoms with Crippen molar-refractivity contribution in [2.45, 2.75) is 51.6 Å². The molecule has 7 nitrogen and oxygen atoms in total. The molecule has 0 radical (unpaired) electrons. The number of nitrogens with zero attached hydrogens (tertiary/aromatic N) is 2. The number of nitrogens with one attached hydrogen (secondary N) is 2. The van der Waals surface area contributed by atoms with Gasteiger partial charge in [-0.05, 0) is 63.3 Å². The molecule has 1 aliphatic carbocycles. The van der Waals surface area contributed by atoms with Crippen molar-refractivity contribution >= 4 is 23.3 Å². The number of fused-ring (bicyclic) bond motifs is 1. The number of hydrogen-bond donors (Lipinski definition) is 2. The average Bonchev–Trinajstić information content (AvgIpc) is 3.38. The predicted octanol–water partition coefficient (Wildman–Crippen LogP) is 2.57. The van der Waals surface area contributed by atoms with Gasteiger partial charge >= 0.3 is 0 Å². The fourth-order valence-corrected chi connectivity index (χ4v) is 3.35. The van der Waals surface area contributed by atoms with Gasteiger partial charge in [0.25, 0.3) is 11.8 Å². The van der Waals surface area contributed by atoms with E-state index in [9.17, 15) is 14.4 Å². The summed E-state index contributed by atoms with van der Waals surface area (Å²) < 4.78 is 1.88. The lowest BCUT2D eigenvalue weighted by Crippen LogP contribution is -2.29. The van der Waals surface area contributed by atoms with Crippen molar-refractivity contribution in [2.75, 3.05) is 5.32 Å². The highest BCUT2D eigenvalue weighted by molar-refractivity contribution is 6.05. The zero-order valence-electron chi connectivity index (χ0n) is 15.2. The molecule has 4 rings (SSSR count). The number of imidazole rings is 1. The van der Waals surface area contributed by atoms with Gasteiger partial charge in [-0.15, -0.1) is 0 Å². The van der Waals surface area contributed by atoms with E-state index in [0.29, 0.717) is 29.3 Å². The Bertz CT molecular complexity index is 910. The van der Waals surface area contributed by atoms with Crippen LogP contribution in [0.25, 0.3) is 0 Å². The summed E-state index contributed by atoms with van der Waals surface area (Å²) >= 11 is 0. The molecule has 1 saturated carbocycles. The normalized spacial score (nSPS) is 15.7. The largest absolute Gasteiger partial charge is 0.347 e. The molecule has 2 aliphatic rings. The molecule has 1 aromatic carbocycles. The van der Waals surface area contributed by atoms with Crippen LogP contribution in [-0.4, -0.2) is 33.2 Å². The van der Waals surface area contributed by atoms with Crippen molar-refractivity contribution < 1.29 is 14.4 Å². The summed E-state index contributed by atoms with van der Waals surface area (Å²) in [5.74, 6) is -0.233. The molecule has 0 unspecified atom stereocenters. The summed E-state index contributed by atoms with van der Waals surface area (Å²) in [6, 6.07) is 6.98. The number of benzene rings is 1. The Labute approximate surface area is 157 Å². The van der Waals surface area contributed by atoms with Gasteiger partial charge in [0.05, 0.1) is 5.69 Å². The second kappa shape index (κ2) is 6.98. The fourth-order valence-electron chi connectivity index (χ4n) is 3.35. The van der Waals surface area contributed by atoms with Gasteiger partial charge in [0.15, 0.2) is 17.3 Å². The summed E-state index contributed by atoms with van der Waals surface area (Å²) in [6.07, 6.45) is 4.69. The molecule has 7 heteroatoms. The van der Waals surface area contributed by atoms with E-state index in [1.165, 1.54) is 6.92 Å². The van der Waals surface area contributed by atoms with Crippen LogP contribution in [0.15, 0.2) is 24.3 Å². The predicted molar refractivity (Wildman–Crippen MR) is 100 cm³/mol. The van der Waals surface area contributed by atoms with E-state index >= 15 is 0 Å². The summed E-state index contributed by atoms with van der Waals surface area (Å²) in [4.78, 5) is 41.1. The third-order valence-corrected chi connectivity index (χ3v) is 5.00. The Hall–Kier alpha value is -2.96. The van der Waals surface area contributed by atoms with Gasteiger partial charge in [0, 0.05) is 23.8 Å². The van der Waals surface area contributed by atoms with E-state index in [-0.39, 0.29) is 23.6 Å². The first-order chi connectivity index (χ1) is 13.0. The molecule has 140 valence electrons. The standard InChI is InChI=1S/C20H22N4O3/c1-12(25)13-5-7-14(8-6-13)21-19(26)17-16-4-2-3-11-24(16)18(23-17)20(27)22-15-9-10-15/h5-8,15H,2-4,9-11H2,1H3,(H,21,26)(H,22,27). The quantitative estimate of drug-likeness (QED) is 0.796. The molecule has 0 saturated heterocycles. The number of Topliss-reactive ketones (excluding diaryl/α,β-unsaturated/α-hetero) is 1. The molecule has 1 aromatic heterocycles. The number of aromatic nitrogens is 2. The summed E-state index contributed by atoms with van der Waals surface area (Å²) in [5, 5.41) is 5.78. The van der Waals surface area contributed by atoms with Gasteiger partial charge < -0.3 is 15.2 Å². The summed E-state index contributed by atoms with van der Waals surface area (Å²) in [5.41, 5.74) is 2.31. The van der Waals surface area contributed by atoms with Gasteiger partial charge in [0.1, 0.15) is 0 Å². The first kappa shape index (κ1) is 17.5. The lowest BCUT2D eigenvalue weighted by molar-refractivity contribution is 0.0934. The highest BCUT2D eigenvalue weighted by Crippen LogP contribution is 2.24. The number of carbonyl (C=O) groups is 3. The number of ketones is 1. The van der Waals surface area contributed by atoms with Crippen LogP contribution in [0.1, 0.15) is 69.8 Å². The van der Waals surface area contributed by atoms with Crippen LogP contribution in [0.3, 0.4) is 0 Å². The van der Waals surface area contributed by atoms with E-state index < -0.39 is 0 Å². The van der Waals surface area contributed by atoms with Crippen molar-refractivity contribution in [3.05, 3.63) is 47.0 Å². The van der Waals surface area contributed by atoms with Crippen molar-refractivity contribution in [1.82, 2.24) is 14.9 Å². The molecular formula is C20H22N4O3. The van der Waals surface area contributed by atoms with Gasteiger partial charge in [0.2, 0.25) is 0 Å². The van der Waals surface area contributed by atoms with E-state index in [0.717, 1.165) is 37.8 Å². The number of rotatable bonds is 5. The second-order valence-electron chi connectivity index (χ2n) is 7.17. The zero-order valence-corrected chi connectivity index (χ0v) is 15.2. The van der Waals surface area contributed by atoms with E-state index in [1.54, 1.807) is 24.3 Å². The van der Waals surface area contributed by atoms with E-state index in [4.69, 9.17) is 0 Å². The maximum absolute atomic E-state index is 12.8. The lowest BCUT2D eigenvalue weighted by Gasteiger charge is -2.17. The third-order valence-electron chi connectivity index (χ3n) is 5.00. The third kappa shape index (κ3) is 3.63. The SMILES string of the molecule is CC(=O)c1ccc(NC(=O)c2nc(C(=O)NC3CC3)n3c2CCCC3)cc1. The topological polar surface area (TPSA) is 93.1 Å². The summed E-state index contributed by atoms with van der Waals surface area (Å²) in [6.45, 7) is 2.20. The minimum Gasteiger partial charge on any atom is -0.347 e. The number of carbonyl (C=O) groups excluding carboxylic acids is 3. The molecule has 2 N–H and O–H groups in total. The maximum Gasteiger partial charge on any atom is 0.287 e. The van der Waals surface area contributed by atoms with E-state index in [2.05, 4.69) is 15.6 Å². The van der Waals surface area contributed by atoms with Crippen LogP contribution in [0.2, 0.25) is 0 Å². The number of amides is 2. The molecule has 2 aromatic rings. The zero-order chi connectivity index (χ0) is 19.0. The van der Waals surface area contributed by atoms with Crippen LogP contribution < -0.4 is 10.6 Å². The van der Waals surface area contributed by atoms with Gasteiger partial charge in [-0.25, -0.2) is 4.98 Å². The van der Waals surface area contributed by atoms with Crippen LogP contribution in [0, 0.1) is 0 Å². The lowest BCUT2D eigenvalue weighted by atomic mass is 10.1. The molecule has 2 heterocycles. The van der Waals surface area contributed by atoms with Crippen LogP contribution in [0.4, 0.5) is 5.69 Å². The Morgan fingerprint density at radius 2 is 1.81 bits per heavy atom. The first-order valence-corrected chi connectivity index (χ1v) is 9.35. The molecule has 1 aliphatic heterocycles. The molecule has 0 bridgehead atoms. The van der Waals surface area contributed by atoms with Gasteiger partial charge in [-0.1, -0.05) is 0 Å². The Kier molecular flexibility index (Phi) is 4.51. The fraction of sp³-hybridized carbons (Fsp3) is 0.400. The molecule has 2 amide bonds. The van der Waals surface area contributed by atoms with Crippen molar-refractivity contribution in [2.24, 2.45) is 0 Å². The van der Waals surface area contributed by atoms with Crippen molar-refractivity contribution in [3.8, 4) is 0 Å². The Balaban J connectivity index is 1.58. The van der Waals surface area contributed by atoms with Gasteiger partial charge in [-0.3, -0.25) is 14.4 Å². The van der Waals surface area contributed by atoms with Crippen LogP contribution in [0.5, 0.6) is 0 Å². The molecule has 27 heavy (non-hydrogen) atoms.